The minimum atomic E-state index is -0.212. The normalized spacial score (nSPS) is 17.2. The molecule has 6 heteroatoms. The highest BCUT2D eigenvalue weighted by atomic mass is 35.5. The van der Waals surface area contributed by atoms with E-state index in [1.54, 1.807) is 29.9 Å². The number of nitrogens with one attached hydrogen (secondary N) is 1. The Morgan fingerprint density at radius 2 is 2.35 bits per heavy atom. The number of rotatable bonds is 5. The summed E-state index contributed by atoms with van der Waals surface area (Å²) >= 11 is 5.91. The van der Waals surface area contributed by atoms with E-state index in [4.69, 9.17) is 21.1 Å². The molecule has 0 unspecified atom stereocenters. The maximum atomic E-state index is 12.3. The van der Waals surface area contributed by atoms with E-state index in [0.717, 1.165) is 19.4 Å². The van der Waals surface area contributed by atoms with Crippen molar-refractivity contribution in [3.05, 3.63) is 47.2 Å². The van der Waals surface area contributed by atoms with E-state index in [1.807, 2.05) is 18.2 Å². The van der Waals surface area contributed by atoms with E-state index in [-0.39, 0.29) is 12.0 Å². The molecule has 0 radical (unpaired) electrons. The lowest BCUT2D eigenvalue weighted by Crippen LogP contribution is -2.17. The van der Waals surface area contributed by atoms with Crippen molar-refractivity contribution >= 4 is 23.2 Å². The molecule has 1 aromatic heterocycles. The van der Waals surface area contributed by atoms with E-state index in [1.165, 1.54) is 0 Å². The molecule has 122 valence electrons. The van der Waals surface area contributed by atoms with Crippen molar-refractivity contribution < 1.29 is 14.3 Å². The quantitative estimate of drug-likeness (QED) is 0.910. The fourth-order valence-electron chi connectivity index (χ4n) is 2.57. The number of aryl methyl sites for hydroxylation is 1. The maximum absolute atomic E-state index is 12.3. The van der Waals surface area contributed by atoms with E-state index in [2.05, 4.69) is 5.32 Å². The molecule has 2 aromatic rings. The Kier molecular flexibility index (Phi) is 4.88. The molecule has 0 bridgehead atoms. The SMILES string of the molecule is Cn1cc(Cl)cc1C(=O)Nc1cccc(OC[C@H]2CCCO2)c1. The van der Waals surface area contributed by atoms with Gasteiger partial charge in [-0.3, -0.25) is 4.79 Å². The molecule has 1 saturated heterocycles. The van der Waals surface area contributed by atoms with Crippen LogP contribution < -0.4 is 10.1 Å². The van der Waals surface area contributed by atoms with Gasteiger partial charge in [0.05, 0.1) is 11.1 Å². The van der Waals surface area contributed by atoms with Crippen LogP contribution in [0.5, 0.6) is 5.75 Å². The van der Waals surface area contributed by atoms with Crippen LogP contribution in [-0.2, 0) is 11.8 Å². The van der Waals surface area contributed by atoms with Gasteiger partial charge in [-0.2, -0.15) is 0 Å². The molecule has 23 heavy (non-hydrogen) atoms. The van der Waals surface area contributed by atoms with Crippen molar-refractivity contribution in [1.82, 2.24) is 4.57 Å². The fourth-order valence-corrected chi connectivity index (χ4v) is 2.82. The molecule has 5 nitrogen and oxygen atoms in total. The molecule has 1 aliphatic heterocycles. The number of hydrogen-bond acceptors (Lipinski definition) is 3. The largest absolute Gasteiger partial charge is 0.491 e. The van der Waals surface area contributed by atoms with E-state index < -0.39 is 0 Å². The predicted molar refractivity (Wildman–Crippen MR) is 89.3 cm³/mol. The van der Waals surface area contributed by atoms with Gasteiger partial charge in [0.1, 0.15) is 18.1 Å². The Morgan fingerprint density at radius 3 is 3.04 bits per heavy atom. The lowest BCUT2D eigenvalue weighted by atomic mass is 10.2. The molecule has 1 N–H and O–H groups in total. The Bertz CT molecular complexity index is 693. The highest BCUT2D eigenvalue weighted by Gasteiger charge is 2.16. The number of amides is 1. The average molecular weight is 335 g/mol. The maximum Gasteiger partial charge on any atom is 0.272 e. The number of benzene rings is 1. The Labute approximate surface area is 140 Å². The van der Waals surface area contributed by atoms with Crippen LogP contribution in [0.25, 0.3) is 0 Å². The summed E-state index contributed by atoms with van der Waals surface area (Å²) in [5.41, 5.74) is 1.18. The minimum Gasteiger partial charge on any atom is -0.491 e. The summed E-state index contributed by atoms with van der Waals surface area (Å²) in [7, 11) is 1.78. The molecule has 1 aromatic carbocycles. The first-order valence-corrected chi connectivity index (χ1v) is 7.97. The van der Waals surface area contributed by atoms with Gasteiger partial charge in [-0.15, -0.1) is 0 Å². The molecular formula is C17H19ClN2O3. The summed E-state index contributed by atoms with van der Waals surface area (Å²) in [6.45, 7) is 1.34. The van der Waals surface area contributed by atoms with Crippen molar-refractivity contribution in [1.29, 1.82) is 0 Å². The van der Waals surface area contributed by atoms with Crippen molar-refractivity contribution in [3.63, 3.8) is 0 Å². The summed E-state index contributed by atoms with van der Waals surface area (Å²) in [6, 6.07) is 8.97. The summed E-state index contributed by atoms with van der Waals surface area (Å²) in [6.07, 6.45) is 3.98. The van der Waals surface area contributed by atoms with Crippen LogP contribution in [0.2, 0.25) is 5.02 Å². The zero-order valence-electron chi connectivity index (χ0n) is 12.9. The third kappa shape index (κ3) is 4.06. The molecule has 1 aliphatic rings. The van der Waals surface area contributed by atoms with Crippen LogP contribution in [0.1, 0.15) is 23.3 Å². The number of aromatic nitrogens is 1. The van der Waals surface area contributed by atoms with E-state index in [0.29, 0.717) is 28.8 Å². The van der Waals surface area contributed by atoms with Crippen molar-refractivity contribution in [2.45, 2.75) is 18.9 Å². The second kappa shape index (κ2) is 7.06. The Hall–Kier alpha value is -1.98. The number of carbonyl (C=O) groups is 1. The first-order valence-electron chi connectivity index (χ1n) is 7.59. The first kappa shape index (κ1) is 15.9. The topological polar surface area (TPSA) is 52.5 Å². The van der Waals surface area contributed by atoms with Crippen LogP contribution in [0.4, 0.5) is 5.69 Å². The standard InChI is InChI=1S/C17H19ClN2O3/c1-20-10-12(18)8-16(20)17(21)19-13-4-2-5-14(9-13)23-11-15-6-3-7-22-15/h2,4-5,8-10,15H,3,6-7,11H2,1H3,(H,19,21)/t15-/m1/s1. The van der Waals surface area contributed by atoms with Crippen LogP contribution in [-0.4, -0.2) is 29.8 Å². The number of hydrogen-bond donors (Lipinski definition) is 1. The van der Waals surface area contributed by atoms with Gasteiger partial charge in [0.15, 0.2) is 0 Å². The van der Waals surface area contributed by atoms with Gasteiger partial charge < -0.3 is 19.4 Å². The van der Waals surface area contributed by atoms with Gasteiger partial charge in [-0.05, 0) is 31.0 Å². The number of halogens is 1. The van der Waals surface area contributed by atoms with Gasteiger partial charge in [-0.1, -0.05) is 17.7 Å². The summed E-state index contributed by atoms with van der Waals surface area (Å²) in [5, 5.41) is 3.38. The molecular weight excluding hydrogens is 316 g/mol. The number of carbonyl (C=O) groups excluding carboxylic acids is 1. The summed E-state index contributed by atoms with van der Waals surface area (Å²) < 4.78 is 13.0. The Morgan fingerprint density at radius 1 is 1.48 bits per heavy atom. The smallest absolute Gasteiger partial charge is 0.272 e. The second-order valence-corrected chi connectivity index (χ2v) is 6.02. The third-order valence-electron chi connectivity index (χ3n) is 3.76. The van der Waals surface area contributed by atoms with Gasteiger partial charge in [0, 0.05) is 31.6 Å². The van der Waals surface area contributed by atoms with E-state index in [9.17, 15) is 4.79 Å². The highest BCUT2D eigenvalue weighted by Crippen LogP contribution is 2.21. The van der Waals surface area contributed by atoms with Crippen molar-refractivity contribution in [3.8, 4) is 5.75 Å². The molecule has 0 aliphatic carbocycles. The van der Waals surface area contributed by atoms with Crippen LogP contribution >= 0.6 is 11.6 Å². The second-order valence-electron chi connectivity index (χ2n) is 5.58. The predicted octanol–water partition coefficient (Wildman–Crippen LogP) is 3.49. The summed E-state index contributed by atoms with van der Waals surface area (Å²) in [4.78, 5) is 12.3. The highest BCUT2D eigenvalue weighted by molar-refractivity contribution is 6.31. The lowest BCUT2D eigenvalue weighted by molar-refractivity contribution is 0.0680. The number of nitrogens with zero attached hydrogens (tertiary/aromatic N) is 1. The first-order chi connectivity index (χ1) is 11.1. The molecule has 0 spiro atoms. The zero-order chi connectivity index (χ0) is 16.2. The van der Waals surface area contributed by atoms with Crippen LogP contribution in [0.3, 0.4) is 0 Å². The molecule has 3 rings (SSSR count). The van der Waals surface area contributed by atoms with E-state index >= 15 is 0 Å². The molecule has 0 saturated carbocycles. The number of ether oxygens (including phenoxy) is 2. The molecule has 2 heterocycles. The number of anilines is 1. The minimum absolute atomic E-state index is 0.166. The Balaban J connectivity index is 1.62. The van der Waals surface area contributed by atoms with Gasteiger partial charge >= 0.3 is 0 Å². The third-order valence-corrected chi connectivity index (χ3v) is 3.96. The molecule has 1 fully saturated rings. The monoisotopic (exact) mass is 334 g/mol. The summed E-state index contributed by atoms with van der Waals surface area (Å²) in [5.74, 6) is 0.499. The fraction of sp³-hybridized carbons (Fsp3) is 0.353. The van der Waals surface area contributed by atoms with Gasteiger partial charge in [0.25, 0.3) is 5.91 Å². The van der Waals surface area contributed by atoms with Crippen molar-refractivity contribution in [2.24, 2.45) is 7.05 Å². The van der Waals surface area contributed by atoms with Crippen LogP contribution in [0.15, 0.2) is 36.5 Å². The van der Waals surface area contributed by atoms with Gasteiger partial charge in [0.2, 0.25) is 0 Å². The van der Waals surface area contributed by atoms with Crippen molar-refractivity contribution in [2.75, 3.05) is 18.5 Å². The van der Waals surface area contributed by atoms with Crippen LogP contribution in [0, 0.1) is 0 Å². The average Bonchev–Trinajstić information content (AvgIpc) is 3.15. The molecule has 1 amide bonds. The van der Waals surface area contributed by atoms with Gasteiger partial charge in [-0.25, -0.2) is 0 Å². The molecule has 1 atom stereocenters. The zero-order valence-corrected chi connectivity index (χ0v) is 13.7. The lowest BCUT2D eigenvalue weighted by Gasteiger charge is -2.12.